The number of carbonyl (C=O) groups excluding carboxylic acids is 1. The van der Waals surface area contributed by atoms with Crippen LogP contribution in [-0.4, -0.2) is 38.5 Å². The maximum atomic E-state index is 12.8. The second-order valence-corrected chi connectivity index (χ2v) is 7.26. The van der Waals surface area contributed by atoms with E-state index >= 15 is 0 Å². The number of aryl methyl sites for hydroxylation is 2. The first-order valence-electron chi connectivity index (χ1n) is 9.76. The Hall–Kier alpha value is -3.81. The normalized spacial score (nSPS) is 12.9. The summed E-state index contributed by atoms with van der Waals surface area (Å²) in [5.41, 5.74) is 3.28. The largest absolute Gasteiger partial charge is 0.486 e. The minimum Gasteiger partial charge on any atom is -0.486 e. The van der Waals surface area contributed by atoms with E-state index in [0.29, 0.717) is 36.0 Å². The predicted molar refractivity (Wildman–Crippen MR) is 112 cm³/mol. The van der Waals surface area contributed by atoms with Crippen LogP contribution < -0.4 is 14.8 Å². The standard InChI is InChI=1S/C22H21N5O3/c1-14-11-15(2)23-21-20(14)22(26-7-3-4-8-26)25-27(21)13-19(28)24-16-5-6-17-18(12-16)30-10-9-29-17/h3-8,11-12H,9-10,13H2,1-2H3,(H,24,28). The van der Waals surface area contributed by atoms with Gasteiger partial charge in [0.15, 0.2) is 23.0 Å². The van der Waals surface area contributed by atoms with Crippen molar-refractivity contribution in [3.05, 3.63) is 60.0 Å². The van der Waals surface area contributed by atoms with Gasteiger partial charge in [0.25, 0.3) is 0 Å². The van der Waals surface area contributed by atoms with Crippen LogP contribution in [0.4, 0.5) is 5.69 Å². The molecule has 0 saturated carbocycles. The monoisotopic (exact) mass is 403 g/mol. The lowest BCUT2D eigenvalue weighted by Gasteiger charge is -2.19. The molecule has 0 unspecified atom stereocenters. The van der Waals surface area contributed by atoms with E-state index in [2.05, 4.69) is 10.3 Å². The number of rotatable bonds is 4. The predicted octanol–water partition coefficient (Wildman–Crippen LogP) is 3.25. The Balaban J connectivity index is 1.46. The Labute approximate surface area is 173 Å². The zero-order chi connectivity index (χ0) is 20.7. The fourth-order valence-electron chi connectivity index (χ4n) is 3.72. The highest BCUT2D eigenvalue weighted by atomic mass is 16.6. The van der Waals surface area contributed by atoms with Crippen molar-refractivity contribution in [3.63, 3.8) is 0 Å². The van der Waals surface area contributed by atoms with Crippen molar-refractivity contribution in [1.29, 1.82) is 0 Å². The van der Waals surface area contributed by atoms with E-state index in [9.17, 15) is 4.79 Å². The van der Waals surface area contributed by atoms with Crippen molar-refractivity contribution >= 4 is 22.6 Å². The number of pyridine rings is 1. The third-order valence-corrected chi connectivity index (χ3v) is 4.98. The summed E-state index contributed by atoms with van der Waals surface area (Å²) in [6, 6.07) is 11.3. The summed E-state index contributed by atoms with van der Waals surface area (Å²) in [6.45, 7) is 5.04. The zero-order valence-electron chi connectivity index (χ0n) is 16.8. The highest BCUT2D eigenvalue weighted by Crippen LogP contribution is 2.32. The molecule has 1 N–H and O–H groups in total. The lowest BCUT2D eigenvalue weighted by molar-refractivity contribution is -0.116. The van der Waals surface area contributed by atoms with Gasteiger partial charge in [-0.15, -0.1) is 0 Å². The molecule has 0 atom stereocenters. The summed E-state index contributed by atoms with van der Waals surface area (Å²) >= 11 is 0. The van der Waals surface area contributed by atoms with Gasteiger partial charge in [-0.2, -0.15) is 5.10 Å². The van der Waals surface area contributed by atoms with E-state index in [-0.39, 0.29) is 12.5 Å². The molecule has 30 heavy (non-hydrogen) atoms. The maximum Gasteiger partial charge on any atom is 0.246 e. The van der Waals surface area contributed by atoms with Crippen molar-refractivity contribution in [1.82, 2.24) is 19.3 Å². The molecule has 8 heteroatoms. The van der Waals surface area contributed by atoms with Crippen molar-refractivity contribution < 1.29 is 14.3 Å². The fraction of sp³-hybridized carbons (Fsp3) is 0.227. The molecular weight excluding hydrogens is 382 g/mol. The summed E-state index contributed by atoms with van der Waals surface area (Å²) in [5, 5.41) is 8.54. The minimum atomic E-state index is -0.198. The third-order valence-electron chi connectivity index (χ3n) is 4.98. The first-order valence-corrected chi connectivity index (χ1v) is 9.76. The molecule has 8 nitrogen and oxygen atoms in total. The number of amides is 1. The third kappa shape index (κ3) is 3.26. The minimum absolute atomic E-state index is 0.0438. The molecule has 1 aliphatic rings. The number of anilines is 1. The lowest BCUT2D eigenvalue weighted by atomic mass is 10.2. The molecule has 5 rings (SSSR count). The zero-order valence-corrected chi connectivity index (χ0v) is 16.8. The van der Waals surface area contributed by atoms with Crippen molar-refractivity contribution in [2.24, 2.45) is 0 Å². The molecule has 4 heterocycles. The van der Waals surface area contributed by atoms with Crippen LogP contribution in [0.25, 0.3) is 16.9 Å². The molecule has 0 bridgehead atoms. The molecule has 152 valence electrons. The van der Waals surface area contributed by atoms with Gasteiger partial charge in [-0.25, -0.2) is 9.67 Å². The summed E-state index contributed by atoms with van der Waals surface area (Å²) in [7, 11) is 0. The van der Waals surface area contributed by atoms with Crippen LogP contribution in [0.2, 0.25) is 0 Å². The second kappa shape index (κ2) is 7.22. The summed E-state index contributed by atoms with van der Waals surface area (Å²) in [4.78, 5) is 17.4. The Bertz CT molecular complexity index is 1240. The highest BCUT2D eigenvalue weighted by molar-refractivity contribution is 5.93. The van der Waals surface area contributed by atoms with E-state index < -0.39 is 0 Å². The summed E-state index contributed by atoms with van der Waals surface area (Å²) < 4.78 is 14.7. The number of aromatic nitrogens is 4. The second-order valence-electron chi connectivity index (χ2n) is 7.26. The van der Waals surface area contributed by atoms with Crippen LogP contribution in [0, 0.1) is 13.8 Å². The molecule has 1 aliphatic heterocycles. The number of hydrogen-bond donors (Lipinski definition) is 1. The van der Waals surface area contributed by atoms with Crippen LogP contribution in [0.3, 0.4) is 0 Å². The Morgan fingerprint density at radius 2 is 1.87 bits per heavy atom. The SMILES string of the molecule is Cc1cc(C)c2c(-n3cccc3)nn(CC(=O)Nc3ccc4c(c3)OCCO4)c2n1. The number of hydrogen-bond acceptors (Lipinski definition) is 5. The quantitative estimate of drug-likeness (QED) is 0.566. The van der Waals surface area contributed by atoms with Crippen LogP contribution in [-0.2, 0) is 11.3 Å². The van der Waals surface area contributed by atoms with Crippen LogP contribution in [0.1, 0.15) is 11.3 Å². The van der Waals surface area contributed by atoms with Gasteiger partial charge >= 0.3 is 0 Å². The van der Waals surface area contributed by atoms with Crippen LogP contribution in [0.5, 0.6) is 11.5 Å². The van der Waals surface area contributed by atoms with Gasteiger partial charge in [-0.05, 0) is 49.7 Å². The molecule has 1 aromatic carbocycles. The van der Waals surface area contributed by atoms with Crippen molar-refractivity contribution in [2.75, 3.05) is 18.5 Å². The van der Waals surface area contributed by atoms with Gasteiger partial charge in [0, 0.05) is 29.8 Å². The van der Waals surface area contributed by atoms with Crippen LogP contribution >= 0.6 is 0 Å². The number of ether oxygens (including phenoxy) is 2. The molecule has 0 saturated heterocycles. The van der Waals surface area contributed by atoms with E-state index in [1.807, 2.05) is 49.0 Å². The van der Waals surface area contributed by atoms with Gasteiger partial charge in [-0.1, -0.05) is 0 Å². The summed E-state index contributed by atoms with van der Waals surface area (Å²) in [6.07, 6.45) is 3.86. The Kier molecular flexibility index (Phi) is 4.39. The lowest BCUT2D eigenvalue weighted by Crippen LogP contribution is -2.20. The number of benzene rings is 1. The smallest absolute Gasteiger partial charge is 0.246 e. The van der Waals surface area contributed by atoms with Gasteiger partial charge in [0.2, 0.25) is 5.91 Å². The number of carbonyl (C=O) groups is 1. The van der Waals surface area contributed by atoms with Gasteiger partial charge in [0.1, 0.15) is 19.8 Å². The summed E-state index contributed by atoms with van der Waals surface area (Å²) in [5.74, 6) is 1.87. The molecule has 0 radical (unpaired) electrons. The Morgan fingerprint density at radius 1 is 1.10 bits per heavy atom. The van der Waals surface area contributed by atoms with Crippen molar-refractivity contribution in [2.45, 2.75) is 20.4 Å². The molecule has 3 aromatic heterocycles. The topological polar surface area (TPSA) is 83.2 Å². The van der Waals surface area contributed by atoms with E-state index in [1.165, 1.54) is 0 Å². The van der Waals surface area contributed by atoms with Gasteiger partial charge < -0.3 is 19.4 Å². The molecular formula is C22H21N5O3. The van der Waals surface area contributed by atoms with E-state index in [4.69, 9.17) is 14.6 Å². The molecule has 0 fully saturated rings. The number of nitrogens with zero attached hydrogens (tertiary/aromatic N) is 4. The Morgan fingerprint density at radius 3 is 2.67 bits per heavy atom. The van der Waals surface area contributed by atoms with E-state index in [1.54, 1.807) is 22.9 Å². The van der Waals surface area contributed by atoms with E-state index in [0.717, 1.165) is 22.5 Å². The number of fused-ring (bicyclic) bond motifs is 2. The van der Waals surface area contributed by atoms with Gasteiger partial charge in [-0.3, -0.25) is 4.79 Å². The first kappa shape index (κ1) is 18.2. The van der Waals surface area contributed by atoms with Gasteiger partial charge in [0.05, 0.1) is 5.39 Å². The maximum absolute atomic E-state index is 12.8. The van der Waals surface area contributed by atoms with Crippen LogP contribution in [0.15, 0.2) is 48.8 Å². The highest BCUT2D eigenvalue weighted by Gasteiger charge is 2.18. The average molecular weight is 403 g/mol. The fourth-order valence-corrected chi connectivity index (χ4v) is 3.72. The molecule has 0 spiro atoms. The molecule has 0 aliphatic carbocycles. The first-order chi connectivity index (χ1) is 14.6. The molecule has 1 amide bonds. The van der Waals surface area contributed by atoms with Crippen molar-refractivity contribution in [3.8, 4) is 17.3 Å². The average Bonchev–Trinajstić information content (AvgIpc) is 3.36. The molecule has 4 aromatic rings. The number of nitrogens with one attached hydrogen (secondary N) is 1.